The van der Waals surface area contributed by atoms with Crippen molar-refractivity contribution in [2.75, 3.05) is 6.61 Å². The largest absolute Gasteiger partial charge is 0.462 e. The molecule has 0 amide bonds. The summed E-state index contributed by atoms with van der Waals surface area (Å²) in [6.07, 6.45) is 1.45. The zero-order chi connectivity index (χ0) is 13.1. The van der Waals surface area contributed by atoms with Gasteiger partial charge in [-0.3, -0.25) is 10.1 Å². The van der Waals surface area contributed by atoms with Crippen LogP contribution >= 0.6 is 0 Å². The first-order chi connectivity index (χ1) is 8.65. The van der Waals surface area contributed by atoms with Crippen LogP contribution in [0.1, 0.15) is 23.0 Å². The second-order valence-electron chi connectivity index (χ2n) is 3.61. The number of aryl methyl sites for hydroxylation is 1. The van der Waals surface area contributed by atoms with Gasteiger partial charge in [0.2, 0.25) is 0 Å². The molecule has 1 N–H and O–H groups in total. The Bertz CT molecular complexity index is 580. The molecule has 0 saturated heterocycles. The molecule has 0 radical (unpaired) electrons. The number of nitrogens with zero attached hydrogens (tertiary/aromatic N) is 2. The second kappa shape index (κ2) is 4.95. The van der Waals surface area contributed by atoms with Crippen molar-refractivity contribution in [1.82, 2.24) is 15.2 Å². The van der Waals surface area contributed by atoms with Gasteiger partial charge in [0.15, 0.2) is 5.82 Å². The van der Waals surface area contributed by atoms with Crippen LogP contribution in [0.5, 0.6) is 0 Å². The van der Waals surface area contributed by atoms with Crippen molar-refractivity contribution < 1.29 is 13.9 Å². The van der Waals surface area contributed by atoms with Crippen molar-refractivity contribution in [3.63, 3.8) is 0 Å². The topological polar surface area (TPSA) is 67.9 Å². The molecule has 0 fully saturated rings. The Kier molecular flexibility index (Phi) is 3.36. The Hall–Kier alpha value is -2.24. The average molecular weight is 249 g/mol. The molecule has 0 spiro atoms. The third-order valence-corrected chi connectivity index (χ3v) is 2.42. The minimum absolute atomic E-state index is 0.0566. The molecule has 2 aromatic rings. The van der Waals surface area contributed by atoms with E-state index in [0.29, 0.717) is 5.69 Å². The summed E-state index contributed by atoms with van der Waals surface area (Å²) in [5.74, 6) is -1.06. The molecule has 0 aliphatic heterocycles. The lowest BCUT2D eigenvalue weighted by molar-refractivity contribution is 0.0526. The van der Waals surface area contributed by atoms with Crippen LogP contribution in [-0.2, 0) is 4.74 Å². The number of hydrogen-bond donors (Lipinski definition) is 1. The number of ether oxygens (including phenoxy) is 1. The molecular formula is C12H12FN3O2. The van der Waals surface area contributed by atoms with E-state index in [0.717, 1.165) is 0 Å². The number of H-pyrrole nitrogens is 1. The summed E-state index contributed by atoms with van der Waals surface area (Å²) in [4.78, 5) is 15.7. The molecule has 6 heteroatoms. The van der Waals surface area contributed by atoms with Crippen molar-refractivity contribution in [2.24, 2.45) is 0 Å². The second-order valence-corrected chi connectivity index (χ2v) is 3.61. The Balaban J connectivity index is 2.53. The molecular weight excluding hydrogens is 237 g/mol. The predicted molar refractivity (Wildman–Crippen MR) is 62.5 cm³/mol. The molecule has 0 aromatic carbocycles. The summed E-state index contributed by atoms with van der Waals surface area (Å²) in [6.45, 7) is 3.59. The van der Waals surface area contributed by atoms with E-state index >= 15 is 0 Å². The normalized spacial score (nSPS) is 10.4. The number of carbonyl (C=O) groups excluding carboxylic acids is 1. The maximum atomic E-state index is 13.7. The van der Waals surface area contributed by atoms with Crippen LogP contribution in [0.4, 0.5) is 4.39 Å². The number of rotatable bonds is 3. The zero-order valence-corrected chi connectivity index (χ0v) is 10.0. The maximum Gasteiger partial charge on any atom is 0.342 e. The molecule has 18 heavy (non-hydrogen) atoms. The zero-order valence-electron chi connectivity index (χ0n) is 10.0. The molecule has 0 saturated carbocycles. The highest BCUT2D eigenvalue weighted by atomic mass is 19.1. The Morgan fingerprint density at radius 3 is 3.00 bits per heavy atom. The van der Waals surface area contributed by atoms with Gasteiger partial charge in [-0.2, -0.15) is 5.10 Å². The van der Waals surface area contributed by atoms with Gasteiger partial charge in [-0.25, -0.2) is 9.18 Å². The number of halogens is 1. The minimum Gasteiger partial charge on any atom is -0.462 e. The summed E-state index contributed by atoms with van der Waals surface area (Å²) >= 11 is 0. The number of nitrogens with one attached hydrogen (secondary N) is 1. The number of aromatic nitrogens is 3. The number of hydrogen-bond acceptors (Lipinski definition) is 4. The van der Waals surface area contributed by atoms with E-state index in [1.54, 1.807) is 13.8 Å². The highest BCUT2D eigenvalue weighted by Gasteiger charge is 2.22. The quantitative estimate of drug-likeness (QED) is 0.846. The van der Waals surface area contributed by atoms with Gasteiger partial charge in [0.25, 0.3) is 0 Å². The first-order valence-electron chi connectivity index (χ1n) is 5.48. The van der Waals surface area contributed by atoms with Crippen LogP contribution in [0.15, 0.2) is 18.3 Å². The van der Waals surface area contributed by atoms with Crippen molar-refractivity contribution in [3.8, 4) is 11.4 Å². The van der Waals surface area contributed by atoms with Crippen LogP contribution in [0.2, 0.25) is 0 Å². The number of carbonyl (C=O) groups is 1. The molecule has 2 heterocycles. The smallest absolute Gasteiger partial charge is 0.342 e. The lowest BCUT2D eigenvalue weighted by Crippen LogP contribution is -2.07. The van der Waals surface area contributed by atoms with Gasteiger partial charge in [-0.1, -0.05) is 0 Å². The first-order valence-corrected chi connectivity index (χ1v) is 5.48. The Labute approximate surface area is 103 Å². The SMILES string of the molecule is CCOC(=O)c1c(C)n[nH]c1-c1ncccc1F. The monoisotopic (exact) mass is 249 g/mol. The van der Waals surface area contributed by atoms with Gasteiger partial charge in [0.1, 0.15) is 17.0 Å². The summed E-state index contributed by atoms with van der Waals surface area (Å²) < 4.78 is 18.6. The van der Waals surface area contributed by atoms with E-state index in [1.165, 1.54) is 18.3 Å². The molecule has 0 bridgehead atoms. The summed E-state index contributed by atoms with van der Waals surface area (Å²) in [6, 6.07) is 2.75. The fourth-order valence-electron chi connectivity index (χ4n) is 1.63. The maximum absolute atomic E-state index is 13.7. The van der Waals surface area contributed by atoms with Crippen LogP contribution in [0.3, 0.4) is 0 Å². The van der Waals surface area contributed by atoms with Crippen molar-refractivity contribution in [1.29, 1.82) is 0 Å². The van der Waals surface area contributed by atoms with Gasteiger partial charge in [-0.15, -0.1) is 0 Å². The van der Waals surface area contributed by atoms with E-state index in [1.807, 2.05) is 0 Å². The standard InChI is InChI=1S/C12H12FN3O2/c1-3-18-12(17)9-7(2)15-16-11(9)10-8(13)5-4-6-14-10/h4-6H,3H2,1-2H3,(H,15,16). The van der Waals surface area contributed by atoms with Crippen molar-refractivity contribution in [2.45, 2.75) is 13.8 Å². The lowest BCUT2D eigenvalue weighted by Gasteiger charge is -2.04. The average Bonchev–Trinajstić information content (AvgIpc) is 2.72. The van der Waals surface area contributed by atoms with E-state index in [-0.39, 0.29) is 23.6 Å². The fraction of sp³-hybridized carbons (Fsp3) is 0.250. The molecule has 0 aliphatic rings. The van der Waals surface area contributed by atoms with E-state index in [2.05, 4.69) is 15.2 Å². The van der Waals surface area contributed by atoms with Gasteiger partial charge in [0.05, 0.1) is 12.3 Å². The van der Waals surface area contributed by atoms with E-state index in [9.17, 15) is 9.18 Å². The third kappa shape index (κ3) is 2.09. The number of esters is 1. The van der Waals surface area contributed by atoms with Crippen molar-refractivity contribution >= 4 is 5.97 Å². The van der Waals surface area contributed by atoms with Crippen LogP contribution in [0, 0.1) is 12.7 Å². The van der Waals surface area contributed by atoms with E-state index in [4.69, 9.17) is 4.74 Å². The van der Waals surface area contributed by atoms with Gasteiger partial charge < -0.3 is 4.74 Å². The Morgan fingerprint density at radius 2 is 2.33 bits per heavy atom. The van der Waals surface area contributed by atoms with Gasteiger partial charge in [0, 0.05) is 6.20 Å². The molecule has 0 atom stereocenters. The summed E-state index contributed by atoms with van der Waals surface area (Å²) in [5, 5.41) is 6.52. The molecule has 2 aromatic heterocycles. The van der Waals surface area contributed by atoms with Crippen LogP contribution < -0.4 is 0 Å². The highest BCUT2D eigenvalue weighted by Crippen LogP contribution is 2.24. The highest BCUT2D eigenvalue weighted by molar-refractivity contribution is 5.96. The first kappa shape index (κ1) is 12.2. The molecule has 0 aliphatic carbocycles. The number of pyridine rings is 1. The van der Waals surface area contributed by atoms with Crippen molar-refractivity contribution in [3.05, 3.63) is 35.4 Å². The molecule has 94 valence electrons. The third-order valence-electron chi connectivity index (χ3n) is 2.42. The van der Waals surface area contributed by atoms with Gasteiger partial charge >= 0.3 is 5.97 Å². The Morgan fingerprint density at radius 1 is 1.56 bits per heavy atom. The minimum atomic E-state index is -0.538. The lowest BCUT2D eigenvalue weighted by atomic mass is 10.1. The predicted octanol–water partition coefficient (Wildman–Crippen LogP) is 2.10. The fourth-order valence-corrected chi connectivity index (χ4v) is 1.63. The summed E-state index contributed by atoms with van der Waals surface area (Å²) in [7, 11) is 0. The van der Waals surface area contributed by atoms with Crippen LogP contribution in [0.25, 0.3) is 11.4 Å². The van der Waals surface area contributed by atoms with E-state index < -0.39 is 11.8 Å². The molecule has 0 unspecified atom stereocenters. The van der Waals surface area contributed by atoms with Gasteiger partial charge in [-0.05, 0) is 26.0 Å². The summed E-state index contributed by atoms with van der Waals surface area (Å²) in [5.41, 5.74) is 0.966. The molecule has 2 rings (SSSR count). The molecule has 5 nitrogen and oxygen atoms in total. The number of aromatic amines is 1. The van der Waals surface area contributed by atoms with Crippen LogP contribution in [-0.4, -0.2) is 27.8 Å².